The van der Waals surface area contributed by atoms with E-state index < -0.39 is 5.97 Å². The van der Waals surface area contributed by atoms with Gasteiger partial charge in [0.25, 0.3) is 0 Å². The predicted octanol–water partition coefficient (Wildman–Crippen LogP) is 2.81. The SMILES string of the molecule is CC(NC(=O)CN1CCCC(C(=O)O)C1)c1ccc2ccccc2c1. The summed E-state index contributed by atoms with van der Waals surface area (Å²) in [5.74, 6) is -1.19. The highest BCUT2D eigenvalue weighted by molar-refractivity contribution is 5.83. The van der Waals surface area contributed by atoms with Gasteiger partial charge in [0.05, 0.1) is 18.5 Å². The molecule has 25 heavy (non-hydrogen) atoms. The van der Waals surface area contributed by atoms with Gasteiger partial charge in [0.1, 0.15) is 0 Å². The molecule has 1 aliphatic heterocycles. The predicted molar refractivity (Wildman–Crippen MR) is 97.3 cm³/mol. The highest BCUT2D eigenvalue weighted by Gasteiger charge is 2.26. The molecule has 5 heteroatoms. The highest BCUT2D eigenvalue weighted by atomic mass is 16.4. The second-order valence-corrected chi connectivity index (χ2v) is 6.81. The van der Waals surface area contributed by atoms with Gasteiger partial charge in [-0.2, -0.15) is 0 Å². The molecule has 0 radical (unpaired) electrons. The average Bonchev–Trinajstić information content (AvgIpc) is 2.61. The van der Waals surface area contributed by atoms with E-state index in [1.165, 1.54) is 5.39 Å². The van der Waals surface area contributed by atoms with Crippen molar-refractivity contribution in [3.63, 3.8) is 0 Å². The summed E-state index contributed by atoms with van der Waals surface area (Å²) in [6.45, 7) is 3.45. The summed E-state index contributed by atoms with van der Waals surface area (Å²) >= 11 is 0. The van der Waals surface area contributed by atoms with Crippen molar-refractivity contribution >= 4 is 22.6 Å². The molecule has 2 unspecified atom stereocenters. The second kappa shape index (κ2) is 7.66. The number of fused-ring (bicyclic) bond motifs is 1. The van der Waals surface area contributed by atoms with E-state index in [0.29, 0.717) is 13.0 Å². The molecule has 2 aromatic carbocycles. The molecular formula is C20H24N2O3. The smallest absolute Gasteiger partial charge is 0.307 e. The minimum Gasteiger partial charge on any atom is -0.481 e. The van der Waals surface area contributed by atoms with Crippen LogP contribution in [0.15, 0.2) is 42.5 Å². The Balaban J connectivity index is 1.58. The Labute approximate surface area is 147 Å². The van der Waals surface area contributed by atoms with Gasteiger partial charge in [-0.25, -0.2) is 0 Å². The first-order chi connectivity index (χ1) is 12.0. The third-order valence-corrected chi connectivity index (χ3v) is 4.87. The summed E-state index contributed by atoms with van der Waals surface area (Å²) in [5.41, 5.74) is 1.06. The van der Waals surface area contributed by atoms with Gasteiger partial charge >= 0.3 is 5.97 Å². The van der Waals surface area contributed by atoms with Gasteiger partial charge in [0.15, 0.2) is 0 Å². The normalized spacial score (nSPS) is 19.5. The lowest BCUT2D eigenvalue weighted by molar-refractivity contribution is -0.144. The number of hydrogen-bond donors (Lipinski definition) is 2. The van der Waals surface area contributed by atoms with Crippen LogP contribution in [-0.2, 0) is 9.59 Å². The summed E-state index contributed by atoms with van der Waals surface area (Å²) in [6.07, 6.45) is 1.52. The van der Waals surface area contributed by atoms with Crippen LogP contribution in [0.25, 0.3) is 10.8 Å². The van der Waals surface area contributed by atoms with Crippen molar-refractivity contribution in [1.29, 1.82) is 0 Å². The van der Waals surface area contributed by atoms with Crippen LogP contribution in [-0.4, -0.2) is 41.5 Å². The molecule has 0 aliphatic carbocycles. The molecule has 132 valence electrons. The molecule has 1 amide bonds. The first-order valence-electron chi connectivity index (χ1n) is 8.76. The van der Waals surface area contributed by atoms with Crippen LogP contribution in [0.1, 0.15) is 31.4 Å². The van der Waals surface area contributed by atoms with Gasteiger partial charge in [0.2, 0.25) is 5.91 Å². The van der Waals surface area contributed by atoms with E-state index in [0.717, 1.165) is 23.9 Å². The van der Waals surface area contributed by atoms with Gasteiger partial charge < -0.3 is 10.4 Å². The third kappa shape index (κ3) is 4.37. The summed E-state index contributed by atoms with van der Waals surface area (Å²) in [6, 6.07) is 14.3. The zero-order chi connectivity index (χ0) is 17.8. The lowest BCUT2D eigenvalue weighted by Crippen LogP contribution is -2.44. The first-order valence-corrected chi connectivity index (χ1v) is 8.76. The Bertz CT molecular complexity index is 774. The number of amides is 1. The Kier molecular flexibility index (Phi) is 5.34. The van der Waals surface area contributed by atoms with Crippen molar-refractivity contribution in [2.45, 2.75) is 25.8 Å². The van der Waals surface area contributed by atoms with Crippen LogP contribution < -0.4 is 5.32 Å². The lowest BCUT2D eigenvalue weighted by Gasteiger charge is -2.30. The molecule has 1 aliphatic rings. The van der Waals surface area contributed by atoms with E-state index >= 15 is 0 Å². The minimum absolute atomic E-state index is 0.0632. The Morgan fingerprint density at radius 1 is 1.24 bits per heavy atom. The van der Waals surface area contributed by atoms with Gasteiger partial charge in [-0.15, -0.1) is 0 Å². The Morgan fingerprint density at radius 3 is 2.76 bits per heavy atom. The maximum absolute atomic E-state index is 12.3. The van der Waals surface area contributed by atoms with E-state index in [9.17, 15) is 9.59 Å². The molecule has 1 heterocycles. The molecule has 0 bridgehead atoms. The molecule has 2 atom stereocenters. The minimum atomic E-state index is -0.769. The van der Waals surface area contributed by atoms with Crippen LogP contribution in [0.4, 0.5) is 0 Å². The molecule has 5 nitrogen and oxygen atoms in total. The molecule has 3 rings (SSSR count). The number of aliphatic carboxylic acids is 1. The average molecular weight is 340 g/mol. The van der Waals surface area contributed by atoms with Crippen LogP contribution in [0.2, 0.25) is 0 Å². The molecule has 0 spiro atoms. The number of rotatable bonds is 5. The van der Waals surface area contributed by atoms with Crippen molar-refractivity contribution in [1.82, 2.24) is 10.2 Å². The van der Waals surface area contributed by atoms with E-state index in [1.54, 1.807) is 0 Å². The molecule has 1 saturated heterocycles. The zero-order valence-corrected chi connectivity index (χ0v) is 14.4. The molecule has 0 aromatic heterocycles. The molecule has 2 N–H and O–H groups in total. The maximum atomic E-state index is 12.3. The number of nitrogens with one attached hydrogen (secondary N) is 1. The highest BCUT2D eigenvalue weighted by Crippen LogP contribution is 2.20. The van der Waals surface area contributed by atoms with E-state index in [-0.39, 0.29) is 24.4 Å². The van der Waals surface area contributed by atoms with Crippen molar-refractivity contribution < 1.29 is 14.7 Å². The van der Waals surface area contributed by atoms with Gasteiger partial charge in [-0.1, -0.05) is 36.4 Å². The summed E-state index contributed by atoms with van der Waals surface area (Å²) in [7, 11) is 0. The summed E-state index contributed by atoms with van der Waals surface area (Å²) < 4.78 is 0. The maximum Gasteiger partial charge on any atom is 0.307 e. The molecule has 2 aromatic rings. The van der Waals surface area contributed by atoms with Gasteiger partial charge in [-0.3, -0.25) is 14.5 Å². The van der Waals surface area contributed by atoms with Crippen LogP contribution in [0.3, 0.4) is 0 Å². The van der Waals surface area contributed by atoms with Crippen molar-refractivity contribution in [2.75, 3.05) is 19.6 Å². The number of carboxylic acid groups (broad SMARTS) is 1. The number of hydrogen-bond acceptors (Lipinski definition) is 3. The number of carboxylic acids is 1. The van der Waals surface area contributed by atoms with Gasteiger partial charge in [-0.05, 0) is 48.7 Å². The number of likely N-dealkylation sites (tertiary alicyclic amines) is 1. The fourth-order valence-electron chi connectivity index (χ4n) is 3.45. The van der Waals surface area contributed by atoms with Crippen LogP contribution in [0.5, 0.6) is 0 Å². The van der Waals surface area contributed by atoms with E-state index in [2.05, 4.69) is 29.6 Å². The monoisotopic (exact) mass is 340 g/mol. The van der Waals surface area contributed by atoms with E-state index in [4.69, 9.17) is 5.11 Å². The standard InChI is InChI=1S/C20H24N2O3/c1-14(16-9-8-15-5-2-3-6-17(15)11-16)21-19(23)13-22-10-4-7-18(12-22)20(24)25/h2-3,5-6,8-9,11,14,18H,4,7,10,12-13H2,1H3,(H,21,23)(H,24,25). The molecule has 0 saturated carbocycles. The third-order valence-electron chi connectivity index (χ3n) is 4.87. The number of carbonyl (C=O) groups is 2. The Hall–Kier alpha value is -2.40. The largest absolute Gasteiger partial charge is 0.481 e. The second-order valence-electron chi connectivity index (χ2n) is 6.81. The number of piperidine rings is 1. The Morgan fingerprint density at radius 2 is 2.00 bits per heavy atom. The fourth-order valence-corrected chi connectivity index (χ4v) is 3.45. The van der Waals surface area contributed by atoms with E-state index in [1.807, 2.05) is 30.0 Å². The van der Waals surface area contributed by atoms with Crippen molar-refractivity contribution in [2.24, 2.45) is 5.92 Å². The number of benzene rings is 2. The number of carbonyl (C=O) groups excluding carboxylic acids is 1. The molecular weight excluding hydrogens is 316 g/mol. The van der Waals surface area contributed by atoms with Crippen molar-refractivity contribution in [3.8, 4) is 0 Å². The summed E-state index contributed by atoms with van der Waals surface area (Å²) in [5, 5.41) is 14.5. The topological polar surface area (TPSA) is 69.6 Å². The molecule has 1 fully saturated rings. The zero-order valence-electron chi connectivity index (χ0n) is 14.4. The first kappa shape index (κ1) is 17.4. The summed E-state index contributed by atoms with van der Waals surface area (Å²) in [4.78, 5) is 25.4. The van der Waals surface area contributed by atoms with Crippen molar-refractivity contribution in [3.05, 3.63) is 48.0 Å². The van der Waals surface area contributed by atoms with Crippen LogP contribution in [0, 0.1) is 5.92 Å². The number of nitrogens with zero attached hydrogens (tertiary/aromatic N) is 1. The van der Waals surface area contributed by atoms with Crippen LogP contribution >= 0.6 is 0 Å². The quantitative estimate of drug-likeness (QED) is 0.878. The fraction of sp³-hybridized carbons (Fsp3) is 0.400. The lowest BCUT2D eigenvalue weighted by atomic mass is 9.98. The van der Waals surface area contributed by atoms with Gasteiger partial charge in [0, 0.05) is 6.54 Å².